The highest BCUT2D eigenvalue weighted by Gasteiger charge is 2.41. The van der Waals surface area contributed by atoms with Crippen LogP contribution in [0.25, 0.3) is 0 Å². The van der Waals surface area contributed by atoms with E-state index in [1.165, 1.54) is 0 Å². The van der Waals surface area contributed by atoms with E-state index in [1.807, 2.05) is 0 Å². The summed E-state index contributed by atoms with van der Waals surface area (Å²) in [5.41, 5.74) is 0. The molecule has 2 heterocycles. The molecule has 2 rings (SSSR count). The second-order valence-corrected chi connectivity index (χ2v) is 8.58. The maximum Gasteiger partial charge on any atom is 0.367 e. The largest absolute Gasteiger partial charge is 0.393 e. The molecule has 6 nitrogen and oxygen atoms in total. The zero-order chi connectivity index (χ0) is 15.0. The maximum absolute atomic E-state index is 6.23. The molecule has 2 aliphatic rings. The monoisotopic (exact) mass is 318 g/mol. The van der Waals surface area contributed by atoms with E-state index in [0.29, 0.717) is 0 Å². The third kappa shape index (κ3) is 5.59. The first-order chi connectivity index (χ1) is 10.3. The average Bonchev–Trinajstić information content (AvgIpc) is 2.50. The summed E-state index contributed by atoms with van der Waals surface area (Å²) in [6, 6.07) is 0. The van der Waals surface area contributed by atoms with Gasteiger partial charge in [-0.15, -0.1) is 0 Å². The van der Waals surface area contributed by atoms with Gasteiger partial charge in [0.15, 0.2) is 0 Å². The number of rotatable bonds is 8. The number of hydrogen-bond donors (Lipinski definition) is 0. The molecule has 0 amide bonds. The predicted molar refractivity (Wildman–Crippen MR) is 83.5 cm³/mol. The van der Waals surface area contributed by atoms with E-state index in [1.54, 1.807) is 0 Å². The third-order valence-electron chi connectivity index (χ3n) is 3.95. The van der Waals surface area contributed by atoms with Crippen molar-refractivity contribution in [1.82, 2.24) is 9.80 Å². The highest BCUT2D eigenvalue weighted by atomic mass is 28.4. The molecule has 7 heteroatoms. The third-order valence-corrected chi connectivity index (χ3v) is 7.44. The number of hydrogen-bond acceptors (Lipinski definition) is 6. The van der Waals surface area contributed by atoms with Gasteiger partial charge in [0.25, 0.3) is 0 Å². The first-order valence-electron chi connectivity index (χ1n) is 8.16. The standard InChI is InChI=1S/C14H30N2O4Si/c1-3-19-21(20-4-2,13-15-5-9-17-10-6-15)14-16-7-11-18-12-8-16/h3-14H2,1-2H3. The molecule has 0 aromatic carbocycles. The molecule has 2 saturated heterocycles. The molecule has 0 saturated carbocycles. The van der Waals surface area contributed by atoms with Gasteiger partial charge in [-0.25, -0.2) is 0 Å². The van der Waals surface area contributed by atoms with E-state index in [2.05, 4.69) is 23.6 Å². The van der Waals surface area contributed by atoms with Gasteiger partial charge in [-0.3, -0.25) is 9.80 Å². The van der Waals surface area contributed by atoms with Crippen molar-refractivity contribution in [2.75, 3.05) is 78.2 Å². The molecule has 0 bridgehead atoms. The van der Waals surface area contributed by atoms with Crippen LogP contribution in [0.1, 0.15) is 13.8 Å². The Morgan fingerprint density at radius 3 is 1.48 bits per heavy atom. The van der Waals surface area contributed by atoms with E-state index in [4.69, 9.17) is 18.3 Å². The van der Waals surface area contributed by atoms with Crippen LogP contribution < -0.4 is 0 Å². The average molecular weight is 318 g/mol. The lowest BCUT2D eigenvalue weighted by molar-refractivity contribution is 0.0263. The Labute approximate surface area is 129 Å². The molecule has 124 valence electrons. The van der Waals surface area contributed by atoms with E-state index in [-0.39, 0.29) is 0 Å². The molecule has 0 aliphatic carbocycles. The molecule has 2 aliphatic heterocycles. The van der Waals surface area contributed by atoms with Crippen LogP contribution >= 0.6 is 0 Å². The molecule has 0 spiro atoms. The SMILES string of the molecule is CCO[Si](CN1CCOCC1)(CN1CCOCC1)OCC. The molecule has 21 heavy (non-hydrogen) atoms. The van der Waals surface area contributed by atoms with Crippen molar-refractivity contribution in [3.05, 3.63) is 0 Å². The molecular formula is C14H30N2O4Si. The summed E-state index contributed by atoms with van der Waals surface area (Å²) in [6.45, 7) is 12.8. The lowest BCUT2D eigenvalue weighted by Crippen LogP contribution is -2.62. The van der Waals surface area contributed by atoms with Gasteiger partial charge >= 0.3 is 8.56 Å². The van der Waals surface area contributed by atoms with Crippen LogP contribution in [0.2, 0.25) is 0 Å². The maximum atomic E-state index is 6.23. The van der Waals surface area contributed by atoms with Crippen molar-refractivity contribution in [3.8, 4) is 0 Å². The zero-order valence-corrected chi connectivity index (χ0v) is 14.5. The predicted octanol–water partition coefficient (Wildman–Crippen LogP) is 0.244. The van der Waals surface area contributed by atoms with Gasteiger partial charge < -0.3 is 18.3 Å². The smallest absolute Gasteiger partial charge is 0.367 e. The van der Waals surface area contributed by atoms with Crippen molar-refractivity contribution in [1.29, 1.82) is 0 Å². The molecule has 0 aromatic heterocycles. The number of ether oxygens (including phenoxy) is 2. The first-order valence-corrected chi connectivity index (χ1v) is 10.4. The van der Waals surface area contributed by atoms with Crippen LogP contribution in [0.3, 0.4) is 0 Å². The Morgan fingerprint density at radius 1 is 0.762 bits per heavy atom. The molecule has 2 fully saturated rings. The van der Waals surface area contributed by atoms with Crippen LogP contribution in [0.5, 0.6) is 0 Å². The van der Waals surface area contributed by atoms with Crippen molar-refractivity contribution < 1.29 is 18.3 Å². The minimum atomic E-state index is -2.23. The van der Waals surface area contributed by atoms with Gasteiger partial charge in [0.1, 0.15) is 0 Å². The lowest BCUT2D eigenvalue weighted by atomic mass is 10.5. The van der Waals surface area contributed by atoms with E-state index >= 15 is 0 Å². The Hall–Kier alpha value is -0.0231. The summed E-state index contributed by atoms with van der Waals surface area (Å²) in [4.78, 5) is 4.89. The van der Waals surface area contributed by atoms with Crippen molar-refractivity contribution in [2.24, 2.45) is 0 Å². The normalized spacial score (nSPS) is 22.6. The fourth-order valence-electron chi connectivity index (χ4n) is 3.00. The first kappa shape index (κ1) is 17.3. The van der Waals surface area contributed by atoms with Crippen LogP contribution in [-0.2, 0) is 18.3 Å². The van der Waals surface area contributed by atoms with Gasteiger partial charge in [-0.05, 0) is 13.8 Å². The second kappa shape index (κ2) is 9.19. The number of nitrogens with zero attached hydrogens (tertiary/aromatic N) is 2. The highest BCUT2D eigenvalue weighted by molar-refractivity contribution is 6.67. The summed E-state index contributed by atoms with van der Waals surface area (Å²) in [7, 11) is -2.23. The van der Waals surface area contributed by atoms with Crippen molar-refractivity contribution in [2.45, 2.75) is 13.8 Å². The lowest BCUT2D eigenvalue weighted by Gasteiger charge is -2.40. The van der Waals surface area contributed by atoms with E-state index in [9.17, 15) is 0 Å². The van der Waals surface area contributed by atoms with Gasteiger partial charge in [0.05, 0.1) is 26.4 Å². The highest BCUT2D eigenvalue weighted by Crippen LogP contribution is 2.15. The molecule has 0 aromatic rings. The summed E-state index contributed by atoms with van der Waals surface area (Å²) < 4.78 is 23.4. The Morgan fingerprint density at radius 2 is 1.14 bits per heavy atom. The van der Waals surface area contributed by atoms with Crippen LogP contribution in [-0.4, -0.2) is 96.5 Å². The Bertz CT molecular complexity index is 256. The fraction of sp³-hybridized carbons (Fsp3) is 1.00. The van der Waals surface area contributed by atoms with E-state index < -0.39 is 8.56 Å². The molecule has 0 N–H and O–H groups in total. The summed E-state index contributed by atoms with van der Waals surface area (Å²) in [5.74, 6) is 0. The molecular weight excluding hydrogens is 288 g/mol. The van der Waals surface area contributed by atoms with Crippen LogP contribution in [0.15, 0.2) is 0 Å². The Kier molecular flexibility index (Phi) is 7.59. The zero-order valence-electron chi connectivity index (χ0n) is 13.5. The summed E-state index contributed by atoms with van der Waals surface area (Å²) in [5, 5.41) is 0. The topological polar surface area (TPSA) is 43.4 Å². The molecule has 0 radical (unpaired) electrons. The minimum absolute atomic E-state index is 0.723. The van der Waals surface area contributed by atoms with Crippen molar-refractivity contribution >= 4 is 8.56 Å². The number of morpholine rings is 2. The molecule has 0 unspecified atom stereocenters. The van der Waals surface area contributed by atoms with Gasteiger partial charge in [0.2, 0.25) is 0 Å². The van der Waals surface area contributed by atoms with E-state index in [0.717, 1.165) is 78.2 Å². The summed E-state index contributed by atoms with van der Waals surface area (Å²) >= 11 is 0. The van der Waals surface area contributed by atoms with Gasteiger partial charge in [0, 0.05) is 51.7 Å². The van der Waals surface area contributed by atoms with Crippen LogP contribution in [0.4, 0.5) is 0 Å². The van der Waals surface area contributed by atoms with Crippen LogP contribution in [0, 0.1) is 0 Å². The second-order valence-electron chi connectivity index (χ2n) is 5.55. The fourth-order valence-corrected chi connectivity index (χ4v) is 6.60. The molecule has 0 atom stereocenters. The minimum Gasteiger partial charge on any atom is -0.393 e. The quantitative estimate of drug-likeness (QED) is 0.598. The van der Waals surface area contributed by atoms with Crippen molar-refractivity contribution in [3.63, 3.8) is 0 Å². The van der Waals surface area contributed by atoms with Gasteiger partial charge in [-0.1, -0.05) is 0 Å². The Balaban J connectivity index is 1.98. The summed E-state index contributed by atoms with van der Waals surface area (Å²) in [6.07, 6.45) is 1.88. The van der Waals surface area contributed by atoms with Gasteiger partial charge in [-0.2, -0.15) is 0 Å².